The average Bonchev–Trinajstić information content (AvgIpc) is 2.75. The molecule has 2 N–H and O–H groups in total. The van der Waals surface area contributed by atoms with E-state index < -0.39 is 0 Å². The molecule has 0 radical (unpaired) electrons. The van der Waals surface area contributed by atoms with Crippen molar-refractivity contribution in [3.05, 3.63) is 53.9 Å². The Morgan fingerprint density at radius 3 is 2.80 bits per heavy atom. The van der Waals surface area contributed by atoms with Gasteiger partial charge < -0.3 is 15.0 Å². The number of aromatic nitrogens is 2. The van der Waals surface area contributed by atoms with Gasteiger partial charge in [-0.05, 0) is 31.2 Å². The second-order valence-electron chi connectivity index (χ2n) is 4.81. The number of para-hydroxylation sites is 1. The van der Waals surface area contributed by atoms with Crippen LogP contribution in [-0.2, 0) is 6.54 Å². The Morgan fingerprint density at radius 1 is 1.20 bits per heavy atom. The van der Waals surface area contributed by atoms with Crippen LogP contribution in [0.3, 0.4) is 0 Å². The molecule has 0 saturated heterocycles. The maximum atomic E-state index is 5.81. The Kier molecular flexibility index (Phi) is 3.06. The molecule has 3 aromatic rings. The molecule has 2 aromatic carbocycles. The molecule has 0 spiro atoms. The van der Waals surface area contributed by atoms with Crippen molar-refractivity contribution in [2.24, 2.45) is 0 Å². The van der Waals surface area contributed by atoms with Crippen LogP contribution in [0.4, 0.5) is 5.69 Å². The number of imidazole rings is 1. The number of hydrogen-bond acceptors (Lipinski definition) is 3. The van der Waals surface area contributed by atoms with Gasteiger partial charge in [0.1, 0.15) is 11.6 Å². The van der Waals surface area contributed by atoms with Gasteiger partial charge >= 0.3 is 0 Å². The second kappa shape index (κ2) is 4.89. The number of aryl methyl sites for hydroxylation is 1. The smallest absolute Gasteiger partial charge is 0.123 e. The second-order valence-corrected chi connectivity index (χ2v) is 4.81. The van der Waals surface area contributed by atoms with Crippen LogP contribution in [0.25, 0.3) is 11.0 Å². The van der Waals surface area contributed by atoms with E-state index in [1.54, 1.807) is 7.11 Å². The normalized spacial score (nSPS) is 10.9. The molecule has 1 aromatic heterocycles. The molecule has 0 bridgehead atoms. The molecule has 0 atom stereocenters. The maximum absolute atomic E-state index is 5.81. The number of nitrogens with two attached hydrogens (primary N) is 1. The minimum Gasteiger partial charge on any atom is -0.496 e. The first-order chi connectivity index (χ1) is 9.69. The number of ether oxygens (including phenoxy) is 1. The molecule has 20 heavy (non-hydrogen) atoms. The van der Waals surface area contributed by atoms with Gasteiger partial charge in [-0.15, -0.1) is 0 Å². The predicted octanol–water partition coefficient (Wildman–Crippen LogP) is 2.98. The highest BCUT2D eigenvalue weighted by molar-refractivity contribution is 5.79. The Hall–Kier alpha value is -2.49. The number of anilines is 1. The molecule has 0 unspecified atom stereocenters. The van der Waals surface area contributed by atoms with Crippen molar-refractivity contribution in [1.29, 1.82) is 0 Å². The molecule has 0 fully saturated rings. The summed E-state index contributed by atoms with van der Waals surface area (Å²) >= 11 is 0. The van der Waals surface area contributed by atoms with Crippen LogP contribution in [0.15, 0.2) is 42.5 Å². The Morgan fingerprint density at radius 2 is 2.00 bits per heavy atom. The molecule has 0 aliphatic rings. The highest BCUT2D eigenvalue weighted by Gasteiger charge is 2.10. The zero-order chi connectivity index (χ0) is 14.1. The fraction of sp³-hybridized carbons (Fsp3) is 0.188. The van der Waals surface area contributed by atoms with Crippen molar-refractivity contribution >= 4 is 16.7 Å². The zero-order valence-corrected chi connectivity index (χ0v) is 11.6. The number of hydrogen-bond donors (Lipinski definition) is 1. The van der Waals surface area contributed by atoms with E-state index >= 15 is 0 Å². The van der Waals surface area contributed by atoms with E-state index in [0.717, 1.165) is 40.4 Å². The monoisotopic (exact) mass is 267 g/mol. The van der Waals surface area contributed by atoms with Gasteiger partial charge in [-0.25, -0.2) is 4.98 Å². The molecule has 102 valence electrons. The van der Waals surface area contributed by atoms with Crippen LogP contribution in [0, 0.1) is 6.92 Å². The molecular formula is C16H17N3O. The van der Waals surface area contributed by atoms with E-state index in [2.05, 4.69) is 15.6 Å². The van der Waals surface area contributed by atoms with Crippen molar-refractivity contribution in [2.45, 2.75) is 13.5 Å². The van der Waals surface area contributed by atoms with Crippen LogP contribution in [-0.4, -0.2) is 16.7 Å². The van der Waals surface area contributed by atoms with Gasteiger partial charge in [-0.1, -0.05) is 18.2 Å². The van der Waals surface area contributed by atoms with Gasteiger partial charge in [0, 0.05) is 11.3 Å². The lowest BCUT2D eigenvalue weighted by Gasteiger charge is -2.11. The fourth-order valence-electron chi connectivity index (χ4n) is 2.47. The van der Waals surface area contributed by atoms with Crippen molar-refractivity contribution in [3.63, 3.8) is 0 Å². The van der Waals surface area contributed by atoms with Crippen LogP contribution in [0.1, 0.15) is 11.4 Å². The molecule has 3 rings (SSSR count). The molecule has 0 amide bonds. The largest absolute Gasteiger partial charge is 0.496 e. The number of benzene rings is 2. The summed E-state index contributed by atoms with van der Waals surface area (Å²) in [4.78, 5) is 4.57. The molecule has 0 aliphatic carbocycles. The van der Waals surface area contributed by atoms with Crippen molar-refractivity contribution < 1.29 is 4.74 Å². The lowest BCUT2D eigenvalue weighted by molar-refractivity contribution is 0.408. The van der Waals surface area contributed by atoms with E-state index in [9.17, 15) is 0 Å². The van der Waals surface area contributed by atoms with Gasteiger partial charge in [-0.2, -0.15) is 0 Å². The number of nitrogens with zero attached hydrogens (tertiary/aromatic N) is 2. The van der Waals surface area contributed by atoms with Gasteiger partial charge in [0.2, 0.25) is 0 Å². The molecule has 0 saturated carbocycles. The first kappa shape index (κ1) is 12.5. The van der Waals surface area contributed by atoms with Gasteiger partial charge in [-0.3, -0.25) is 0 Å². The fourth-order valence-corrected chi connectivity index (χ4v) is 2.47. The average molecular weight is 267 g/mol. The van der Waals surface area contributed by atoms with Crippen LogP contribution >= 0.6 is 0 Å². The Labute approximate surface area is 117 Å². The molecule has 4 heteroatoms. The van der Waals surface area contributed by atoms with E-state index in [1.165, 1.54) is 0 Å². The third-order valence-electron chi connectivity index (χ3n) is 3.48. The first-order valence-corrected chi connectivity index (χ1v) is 6.53. The van der Waals surface area contributed by atoms with Gasteiger partial charge in [0.15, 0.2) is 0 Å². The summed E-state index contributed by atoms with van der Waals surface area (Å²) in [6.07, 6.45) is 0. The zero-order valence-electron chi connectivity index (χ0n) is 11.6. The highest BCUT2D eigenvalue weighted by atomic mass is 16.5. The Balaban J connectivity index is 2.08. The van der Waals surface area contributed by atoms with Crippen LogP contribution in [0.2, 0.25) is 0 Å². The number of fused-ring (bicyclic) bond motifs is 1. The van der Waals surface area contributed by atoms with Crippen molar-refractivity contribution in [3.8, 4) is 5.75 Å². The first-order valence-electron chi connectivity index (χ1n) is 6.53. The summed E-state index contributed by atoms with van der Waals surface area (Å²) in [6, 6.07) is 13.9. The van der Waals surface area contributed by atoms with Crippen molar-refractivity contribution in [1.82, 2.24) is 9.55 Å². The molecule has 0 aliphatic heterocycles. The summed E-state index contributed by atoms with van der Waals surface area (Å²) in [5.74, 6) is 1.86. The quantitative estimate of drug-likeness (QED) is 0.742. The van der Waals surface area contributed by atoms with E-state index in [0.29, 0.717) is 0 Å². The minimum atomic E-state index is 0.732. The SMILES string of the molecule is COc1ccccc1Cn1c(C)nc2cc(N)ccc21. The van der Waals surface area contributed by atoms with Gasteiger partial charge in [0.05, 0.1) is 24.7 Å². The van der Waals surface area contributed by atoms with Crippen LogP contribution < -0.4 is 10.5 Å². The van der Waals surface area contributed by atoms with E-state index in [-0.39, 0.29) is 0 Å². The van der Waals surface area contributed by atoms with Crippen LogP contribution in [0.5, 0.6) is 5.75 Å². The molecule has 1 heterocycles. The standard InChI is InChI=1S/C16H17N3O/c1-11-18-14-9-13(17)7-8-15(14)19(11)10-12-5-3-4-6-16(12)20-2/h3-9H,10,17H2,1-2H3. The predicted molar refractivity (Wildman–Crippen MR) is 81.0 cm³/mol. The summed E-state index contributed by atoms with van der Waals surface area (Å²) in [7, 11) is 1.69. The lowest BCUT2D eigenvalue weighted by atomic mass is 10.2. The van der Waals surface area contributed by atoms with Crippen molar-refractivity contribution in [2.75, 3.05) is 12.8 Å². The Bertz CT molecular complexity index is 762. The topological polar surface area (TPSA) is 53.1 Å². The number of nitrogen functional groups attached to an aromatic ring is 1. The maximum Gasteiger partial charge on any atom is 0.123 e. The summed E-state index contributed by atoms with van der Waals surface area (Å²) in [5, 5.41) is 0. The lowest BCUT2D eigenvalue weighted by Crippen LogP contribution is -2.03. The summed E-state index contributed by atoms with van der Waals surface area (Å²) < 4.78 is 7.58. The van der Waals surface area contributed by atoms with E-state index in [1.807, 2.05) is 43.3 Å². The highest BCUT2D eigenvalue weighted by Crippen LogP contribution is 2.23. The van der Waals surface area contributed by atoms with E-state index in [4.69, 9.17) is 10.5 Å². The third kappa shape index (κ3) is 2.09. The summed E-state index contributed by atoms with van der Waals surface area (Å²) in [6.45, 7) is 2.74. The minimum absolute atomic E-state index is 0.732. The number of rotatable bonds is 3. The van der Waals surface area contributed by atoms with Gasteiger partial charge in [0.25, 0.3) is 0 Å². The number of methoxy groups -OCH3 is 1. The summed E-state index contributed by atoms with van der Waals surface area (Å²) in [5.41, 5.74) is 9.70. The third-order valence-corrected chi connectivity index (χ3v) is 3.48. The molecular weight excluding hydrogens is 250 g/mol. The molecule has 4 nitrogen and oxygen atoms in total.